The molecule has 0 aromatic rings. The van der Waals surface area contributed by atoms with E-state index in [4.69, 9.17) is 4.74 Å². The Labute approximate surface area is 286 Å². The van der Waals surface area contributed by atoms with Crippen molar-refractivity contribution in [3.63, 3.8) is 0 Å². The van der Waals surface area contributed by atoms with Gasteiger partial charge in [-0.2, -0.15) is 0 Å². The van der Waals surface area contributed by atoms with E-state index >= 15 is 0 Å². The van der Waals surface area contributed by atoms with E-state index in [0.717, 1.165) is 55.3 Å². The summed E-state index contributed by atoms with van der Waals surface area (Å²) in [5, 5.41) is 0. The van der Waals surface area contributed by atoms with Crippen LogP contribution in [-0.2, 0) is 9.53 Å². The van der Waals surface area contributed by atoms with Crippen molar-refractivity contribution in [2.75, 3.05) is 0 Å². The lowest BCUT2D eigenvalue weighted by Gasteiger charge is -2.58. The molecule has 0 aromatic heterocycles. The summed E-state index contributed by atoms with van der Waals surface area (Å²) >= 11 is 0. The molecule has 4 rings (SSSR count). The first kappa shape index (κ1) is 37.5. The average molecular weight is 635 g/mol. The van der Waals surface area contributed by atoms with Gasteiger partial charge in [-0.25, -0.2) is 0 Å². The van der Waals surface area contributed by atoms with Gasteiger partial charge in [-0.15, -0.1) is 0 Å². The lowest BCUT2D eigenvalue weighted by atomic mass is 9.47. The largest absolute Gasteiger partial charge is 0.462 e. The molecule has 3 saturated carbocycles. The van der Waals surface area contributed by atoms with E-state index in [1.807, 2.05) is 0 Å². The van der Waals surface area contributed by atoms with Crippen LogP contribution in [0.5, 0.6) is 0 Å². The molecule has 2 heteroatoms. The molecular formula is C44H74O2. The zero-order valence-corrected chi connectivity index (χ0v) is 31.4. The van der Waals surface area contributed by atoms with Gasteiger partial charge in [-0.3, -0.25) is 4.79 Å². The van der Waals surface area contributed by atoms with Crippen LogP contribution in [0.15, 0.2) is 36.0 Å². The van der Waals surface area contributed by atoms with Crippen LogP contribution in [0, 0.1) is 46.3 Å². The Morgan fingerprint density at radius 1 is 0.891 bits per heavy atom. The molecule has 4 aliphatic rings. The fourth-order valence-corrected chi connectivity index (χ4v) is 10.8. The normalized spacial score (nSPS) is 32.9. The Balaban J connectivity index is 1.17. The zero-order valence-electron chi connectivity index (χ0n) is 31.4. The maximum atomic E-state index is 12.8. The van der Waals surface area contributed by atoms with Crippen LogP contribution in [0.3, 0.4) is 0 Å². The lowest BCUT2D eigenvalue weighted by Crippen LogP contribution is -2.51. The molecule has 0 heterocycles. The minimum Gasteiger partial charge on any atom is -0.462 e. The van der Waals surface area contributed by atoms with Crippen molar-refractivity contribution in [2.24, 2.45) is 46.3 Å². The summed E-state index contributed by atoms with van der Waals surface area (Å²) in [5.41, 5.74) is 3.90. The molecule has 0 aliphatic heterocycles. The van der Waals surface area contributed by atoms with Crippen LogP contribution in [0.2, 0.25) is 0 Å². The van der Waals surface area contributed by atoms with Gasteiger partial charge < -0.3 is 4.74 Å². The van der Waals surface area contributed by atoms with Gasteiger partial charge in [0.15, 0.2) is 0 Å². The van der Waals surface area contributed by atoms with Crippen molar-refractivity contribution in [3.05, 3.63) is 36.0 Å². The number of unbranched alkanes of at least 4 members (excludes halogenated alkanes) is 9. The Hall–Kier alpha value is -1.31. The highest BCUT2D eigenvalue weighted by molar-refractivity contribution is 5.69. The molecule has 0 unspecified atom stereocenters. The molecule has 2 nitrogen and oxygen atoms in total. The number of esters is 1. The molecule has 262 valence electrons. The summed E-state index contributed by atoms with van der Waals surface area (Å²) in [6.45, 7) is 19.1. The summed E-state index contributed by atoms with van der Waals surface area (Å²) in [4.78, 5) is 12.8. The molecule has 4 aliphatic carbocycles. The van der Waals surface area contributed by atoms with Crippen molar-refractivity contribution in [3.8, 4) is 0 Å². The molecule has 8 atom stereocenters. The molecule has 0 spiro atoms. The maximum absolute atomic E-state index is 12.8. The van der Waals surface area contributed by atoms with Crippen molar-refractivity contribution < 1.29 is 9.53 Å². The van der Waals surface area contributed by atoms with Gasteiger partial charge in [0.2, 0.25) is 0 Å². The monoisotopic (exact) mass is 635 g/mol. The van der Waals surface area contributed by atoms with Gasteiger partial charge in [0.25, 0.3) is 0 Å². The van der Waals surface area contributed by atoms with Crippen LogP contribution < -0.4 is 0 Å². The first-order chi connectivity index (χ1) is 22.1. The van der Waals surface area contributed by atoms with Gasteiger partial charge in [-0.1, -0.05) is 116 Å². The zero-order chi connectivity index (χ0) is 33.2. The number of carbonyl (C=O) groups is 1. The summed E-state index contributed by atoms with van der Waals surface area (Å²) in [6, 6.07) is 0. The smallest absolute Gasteiger partial charge is 0.306 e. The van der Waals surface area contributed by atoms with E-state index in [9.17, 15) is 4.79 Å². The van der Waals surface area contributed by atoms with Crippen LogP contribution in [0.4, 0.5) is 0 Å². The Morgan fingerprint density at radius 3 is 2.30 bits per heavy atom. The van der Waals surface area contributed by atoms with E-state index in [-0.39, 0.29) is 12.1 Å². The molecule has 46 heavy (non-hydrogen) atoms. The van der Waals surface area contributed by atoms with E-state index < -0.39 is 0 Å². The fraction of sp³-hybridized carbons (Fsp3) is 0.841. The molecule has 0 amide bonds. The lowest BCUT2D eigenvalue weighted by molar-refractivity contribution is -0.151. The number of ether oxygens (including phenoxy) is 1. The number of rotatable bonds is 19. The molecular weight excluding hydrogens is 560 g/mol. The summed E-state index contributed by atoms with van der Waals surface area (Å²) in [6.07, 6.45) is 34.6. The predicted octanol–water partition coefficient (Wildman–Crippen LogP) is 13.4. The minimum atomic E-state index is 0.0467. The third-order valence-electron chi connectivity index (χ3n) is 14.0. The Kier molecular flexibility index (Phi) is 14.6. The number of fused-ring (bicyclic) bond motifs is 5. The van der Waals surface area contributed by atoms with Crippen molar-refractivity contribution in [1.29, 1.82) is 0 Å². The van der Waals surface area contributed by atoms with E-state index in [1.54, 1.807) is 5.57 Å². The second-order valence-electron chi connectivity index (χ2n) is 17.3. The van der Waals surface area contributed by atoms with Gasteiger partial charge in [0.1, 0.15) is 6.10 Å². The van der Waals surface area contributed by atoms with Gasteiger partial charge in [0.05, 0.1) is 0 Å². The van der Waals surface area contributed by atoms with Gasteiger partial charge in [0, 0.05) is 12.8 Å². The van der Waals surface area contributed by atoms with E-state index in [0.29, 0.717) is 23.2 Å². The Bertz CT molecular complexity index is 1020. The molecule has 3 fully saturated rings. The second-order valence-corrected chi connectivity index (χ2v) is 17.3. The summed E-state index contributed by atoms with van der Waals surface area (Å²) in [5.74, 6) is 4.88. The summed E-state index contributed by atoms with van der Waals surface area (Å²) < 4.78 is 6.11. The van der Waals surface area contributed by atoms with Crippen LogP contribution in [0.25, 0.3) is 0 Å². The number of allylic oxidation sites excluding steroid dienone is 4. The number of carbonyl (C=O) groups excluding carboxylic acids is 1. The van der Waals surface area contributed by atoms with Crippen molar-refractivity contribution in [2.45, 2.75) is 189 Å². The maximum Gasteiger partial charge on any atom is 0.306 e. The standard InChI is InChI=1S/C44H74O2/c1-8-9-10-11-12-13-14-15-16-17-18-19-20-21-42(45)46-37-28-30-43(6)36(32-37)24-25-38-40-27-26-39(44(40,7)31-29-41(38)43)35(5)23-22-34(4)33(2)3/h13-14,24,33,35,37-41H,4,8-12,15-23,25-32H2,1-3,5-7H3/t35-,37+,38+,39-,40+,41+,43+,44-/m1/s1. The van der Waals surface area contributed by atoms with Crippen LogP contribution >= 0.6 is 0 Å². The SMILES string of the molecule is C=C(CC[C@@H](C)[C@H]1CC[C@H]2[C@@H]3CC=C4C[C@@H](OC(=O)CCCCCCCC=CCCCCCC)CC[C@]4(C)[C@H]3CC[C@]12C)C(C)C. The van der Waals surface area contributed by atoms with Gasteiger partial charge in [-0.05, 0) is 136 Å². The first-order valence-electron chi connectivity index (χ1n) is 20.3. The second kappa shape index (κ2) is 17.9. The van der Waals surface area contributed by atoms with Crippen molar-refractivity contribution in [1.82, 2.24) is 0 Å². The molecule has 0 aromatic carbocycles. The van der Waals surface area contributed by atoms with Gasteiger partial charge >= 0.3 is 5.97 Å². The predicted molar refractivity (Wildman–Crippen MR) is 198 cm³/mol. The molecule has 0 N–H and O–H groups in total. The topological polar surface area (TPSA) is 26.3 Å². The van der Waals surface area contributed by atoms with Crippen LogP contribution in [-0.4, -0.2) is 12.1 Å². The third-order valence-corrected chi connectivity index (χ3v) is 14.0. The van der Waals surface area contributed by atoms with E-state index in [2.05, 4.69) is 66.3 Å². The minimum absolute atomic E-state index is 0.0467. The van der Waals surface area contributed by atoms with Crippen LogP contribution in [0.1, 0.15) is 183 Å². The quantitative estimate of drug-likeness (QED) is 0.0802. The summed E-state index contributed by atoms with van der Waals surface area (Å²) in [7, 11) is 0. The van der Waals surface area contributed by atoms with E-state index in [1.165, 1.54) is 115 Å². The highest BCUT2D eigenvalue weighted by atomic mass is 16.5. The highest BCUT2D eigenvalue weighted by Crippen LogP contribution is 2.67. The molecule has 0 radical (unpaired) electrons. The molecule has 0 bridgehead atoms. The highest BCUT2D eigenvalue weighted by Gasteiger charge is 2.59. The third kappa shape index (κ3) is 9.43. The van der Waals surface area contributed by atoms with Crippen molar-refractivity contribution >= 4 is 5.97 Å². The number of hydrogen-bond donors (Lipinski definition) is 0. The molecule has 0 saturated heterocycles. The fourth-order valence-electron chi connectivity index (χ4n) is 10.8. The number of hydrogen-bond acceptors (Lipinski definition) is 2. The Morgan fingerprint density at radius 2 is 1.59 bits per heavy atom. The first-order valence-corrected chi connectivity index (χ1v) is 20.3. The average Bonchev–Trinajstić information content (AvgIpc) is 3.39.